The van der Waals surface area contributed by atoms with Crippen LogP contribution in [-0.4, -0.2) is 49.7 Å². The number of ether oxygens (including phenoxy) is 4. The van der Waals surface area contributed by atoms with Gasteiger partial charge in [-0.25, -0.2) is 9.59 Å². The van der Waals surface area contributed by atoms with Crippen molar-refractivity contribution in [1.82, 2.24) is 5.32 Å². The predicted molar refractivity (Wildman–Crippen MR) is 181 cm³/mol. The van der Waals surface area contributed by atoms with E-state index < -0.39 is 11.9 Å². The van der Waals surface area contributed by atoms with Crippen molar-refractivity contribution in [2.24, 2.45) is 0 Å². The summed E-state index contributed by atoms with van der Waals surface area (Å²) in [5, 5.41) is 37.8. The first-order valence-electron chi connectivity index (χ1n) is 13.8. The largest absolute Gasteiger partial charge is 0.496 e. The van der Waals surface area contributed by atoms with Crippen LogP contribution in [0.5, 0.6) is 34.5 Å². The Morgan fingerprint density at radius 3 is 1.61 bits per heavy atom. The summed E-state index contributed by atoms with van der Waals surface area (Å²) in [6, 6.07) is 24.0. The van der Waals surface area contributed by atoms with Crippen molar-refractivity contribution >= 4 is 41.4 Å². The molecular weight excluding hydrogens is 677 g/mol. The number of nitrogens with zero attached hydrogens (tertiary/aromatic N) is 2. The van der Waals surface area contributed by atoms with Crippen LogP contribution >= 0.6 is 23.2 Å². The second-order valence-electron chi connectivity index (χ2n) is 9.24. The molecule has 0 amide bonds. The highest BCUT2D eigenvalue weighted by Gasteiger charge is 2.10. The first kappa shape index (κ1) is 39.1. The SMILES string of the molecule is CNCc1cc(Oc2cc(Cl)ccc2C#N)ccc1OC.COc1ccc(Oc2cc(Cl)ccc2C#N)cc1C=O.O=C(O)/C=C/C(=O)O. The normalized spacial score (nSPS) is 9.78. The third-order valence-electron chi connectivity index (χ3n) is 5.90. The van der Waals surface area contributed by atoms with E-state index in [0.717, 1.165) is 11.3 Å². The van der Waals surface area contributed by atoms with Crippen LogP contribution in [0.2, 0.25) is 10.0 Å². The number of halogens is 2. The van der Waals surface area contributed by atoms with Crippen LogP contribution in [0.4, 0.5) is 0 Å². The number of methoxy groups -OCH3 is 2. The summed E-state index contributed by atoms with van der Waals surface area (Å²) in [4.78, 5) is 30.1. The summed E-state index contributed by atoms with van der Waals surface area (Å²) in [7, 11) is 4.96. The lowest BCUT2D eigenvalue weighted by Gasteiger charge is -2.12. The number of hydrogen-bond donors (Lipinski definition) is 3. The van der Waals surface area contributed by atoms with E-state index in [2.05, 4.69) is 11.4 Å². The summed E-state index contributed by atoms with van der Waals surface area (Å²) in [6.07, 6.45) is 1.79. The molecule has 0 saturated heterocycles. The Bertz CT molecular complexity index is 1880. The average molecular weight is 707 g/mol. The van der Waals surface area contributed by atoms with Gasteiger partial charge in [0.1, 0.15) is 46.6 Å². The quantitative estimate of drug-likeness (QED) is 0.105. The summed E-state index contributed by atoms with van der Waals surface area (Å²) < 4.78 is 21.7. The fraction of sp³-hybridized carbons (Fsp3) is 0.114. The second kappa shape index (κ2) is 20.2. The molecular formula is C35H29Cl2N3O9. The maximum Gasteiger partial charge on any atom is 0.328 e. The molecule has 4 rings (SSSR count). The molecule has 0 fully saturated rings. The van der Waals surface area contributed by atoms with Gasteiger partial charge in [0.2, 0.25) is 0 Å². The van der Waals surface area contributed by atoms with Gasteiger partial charge in [-0.15, -0.1) is 0 Å². The van der Waals surface area contributed by atoms with Gasteiger partial charge in [-0.1, -0.05) is 23.2 Å². The highest BCUT2D eigenvalue weighted by Crippen LogP contribution is 2.32. The molecule has 49 heavy (non-hydrogen) atoms. The molecule has 0 unspecified atom stereocenters. The Hall–Kier alpha value is -6.05. The van der Waals surface area contributed by atoms with Gasteiger partial charge in [0.05, 0.1) is 30.9 Å². The minimum absolute atomic E-state index is 0.335. The fourth-order valence-corrected chi connectivity index (χ4v) is 4.08. The summed E-state index contributed by atoms with van der Waals surface area (Å²) in [6.45, 7) is 0.654. The van der Waals surface area contributed by atoms with Crippen molar-refractivity contribution < 1.29 is 43.5 Å². The number of nitrogens with one attached hydrogen (secondary N) is 1. The molecule has 0 spiro atoms. The van der Waals surface area contributed by atoms with Gasteiger partial charge >= 0.3 is 11.9 Å². The van der Waals surface area contributed by atoms with Gasteiger partial charge in [-0.2, -0.15) is 10.5 Å². The van der Waals surface area contributed by atoms with Gasteiger partial charge in [-0.3, -0.25) is 4.79 Å². The van der Waals surface area contributed by atoms with Crippen LogP contribution in [0.3, 0.4) is 0 Å². The van der Waals surface area contributed by atoms with Crippen molar-refractivity contribution in [2.45, 2.75) is 6.54 Å². The van der Waals surface area contributed by atoms with Crippen LogP contribution in [0, 0.1) is 22.7 Å². The zero-order valence-corrected chi connectivity index (χ0v) is 27.8. The smallest absolute Gasteiger partial charge is 0.328 e. The monoisotopic (exact) mass is 705 g/mol. The zero-order valence-electron chi connectivity index (χ0n) is 26.3. The van der Waals surface area contributed by atoms with Gasteiger partial charge in [0.25, 0.3) is 0 Å². The Balaban J connectivity index is 0.000000280. The van der Waals surface area contributed by atoms with Crippen LogP contribution in [0.25, 0.3) is 0 Å². The molecule has 12 nitrogen and oxygen atoms in total. The minimum atomic E-state index is -1.26. The van der Waals surface area contributed by atoms with Gasteiger partial charge < -0.3 is 34.5 Å². The van der Waals surface area contributed by atoms with Crippen molar-refractivity contribution in [3.63, 3.8) is 0 Å². The van der Waals surface area contributed by atoms with Crippen LogP contribution in [-0.2, 0) is 16.1 Å². The number of hydrogen-bond acceptors (Lipinski definition) is 10. The lowest BCUT2D eigenvalue weighted by molar-refractivity contribution is -0.134. The second-order valence-corrected chi connectivity index (χ2v) is 10.1. The zero-order chi connectivity index (χ0) is 36.3. The highest BCUT2D eigenvalue weighted by atomic mass is 35.5. The molecule has 0 bridgehead atoms. The molecule has 0 aliphatic carbocycles. The van der Waals surface area contributed by atoms with Crippen LogP contribution < -0.4 is 24.3 Å². The number of carboxylic acids is 2. The molecule has 0 heterocycles. The molecule has 4 aromatic carbocycles. The average Bonchev–Trinajstić information content (AvgIpc) is 3.08. The molecule has 14 heteroatoms. The van der Waals surface area contributed by atoms with E-state index in [0.29, 0.717) is 80.5 Å². The molecule has 4 aromatic rings. The molecule has 0 atom stereocenters. The van der Waals surface area contributed by atoms with E-state index in [1.807, 2.05) is 25.2 Å². The predicted octanol–water partition coefficient (Wildman–Crippen LogP) is 7.27. The van der Waals surface area contributed by atoms with Crippen LogP contribution in [0.15, 0.2) is 84.9 Å². The van der Waals surface area contributed by atoms with Gasteiger partial charge in [0, 0.05) is 46.4 Å². The molecule has 0 aliphatic rings. The Labute approximate surface area is 291 Å². The van der Waals surface area contributed by atoms with Crippen molar-refractivity contribution in [2.75, 3.05) is 21.3 Å². The van der Waals surface area contributed by atoms with E-state index in [-0.39, 0.29) is 0 Å². The molecule has 252 valence electrons. The fourth-order valence-electron chi connectivity index (χ4n) is 3.76. The maximum absolute atomic E-state index is 11.0. The van der Waals surface area contributed by atoms with E-state index >= 15 is 0 Å². The summed E-state index contributed by atoms with van der Waals surface area (Å²) in [5.41, 5.74) is 2.13. The standard InChI is InChI=1S/C16H15ClN2O2.C15H10ClNO3.C4H4O4/c1-19-10-12-7-14(5-6-15(12)20-2)21-16-8-13(17)4-3-11(16)9-18;1-19-14-5-4-13(6-11(14)9-18)20-15-7-12(16)3-2-10(15)8-17;5-3(6)1-2-4(7)8/h3-8,19H,10H2,1-2H3;2-7,9H,1H3;1-2H,(H,5,6)(H,7,8)/b;;2-1+. The van der Waals surface area contributed by atoms with Gasteiger partial charge in [-0.05, 0) is 67.7 Å². The third kappa shape index (κ3) is 12.9. The first-order chi connectivity index (χ1) is 23.5. The van der Waals surface area contributed by atoms with Gasteiger partial charge in [0.15, 0.2) is 6.29 Å². The molecule has 0 saturated carbocycles. The highest BCUT2D eigenvalue weighted by molar-refractivity contribution is 6.31. The lowest BCUT2D eigenvalue weighted by atomic mass is 10.2. The minimum Gasteiger partial charge on any atom is -0.496 e. The van der Waals surface area contributed by atoms with Crippen molar-refractivity contribution in [1.29, 1.82) is 10.5 Å². The first-order valence-corrected chi connectivity index (χ1v) is 14.6. The molecule has 0 aromatic heterocycles. The molecule has 0 radical (unpaired) electrons. The number of carbonyl (C=O) groups excluding carboxylic acids is 1. The van der Waals surface area contributed by atoms with Crippen molar-refractivity contribution in [3.8, 4) is 46.6 Å². The topological polar surface area (TPSA) is 188 Å². The Kier molecular flexibility index (Phi) is 16.2. The van der Waals surface area contributed by atoms with E-state index in [1.165, 1.54) is 13.2 Å². The third-order valence-corrected chi connectivity index (χ3v) is 6.37. The number of nitriles is 2. The number of carbonyl (C=O) groups is 3. The van der Waals surface area contributed by atoms with E-state index in [1.54, 1.807) is 61.7 Å². The summed E-state index contributed by atoms with van der Waals surface area (Å²) in [5.74, 6) is 0.543. The number of benzene rings is 4. The Morgan fingerprint density at radius 2 is 1.20 bits per heavy atom. The number of carboxylic acid groups (broad SMARTS) is 2. The Morgan fingerprint density at radius 1 is 0.735 bits per heavy atom. The van der Waals surface area contributed by atoms with Crippen molar-refractivity contribution in [3.05, 3.63) is 117 Å². The summed E-state index contributed by atoms with van der Waals surface area (Å²) >= 11 is 11.8. The van der Waals surface area contributed by atoms with E-state index in [9.17, 15) is 14.4 Å². The number of aliphatic carboxylic acids is 2. The van der Waals surface area contributed by atoms with Crippen LogP contribution in [0.1, 0.15) is 27.0 Å². The molecule has 0 aliphatic heterocycles. The number of aldehydes is 1. The molecule has 3 N–H and O–H groups in total. The number of rotatable bonds is 11. The maximum atomic E-state index is 11.0. The van der Waals surface area contributed by atoms with E-state index in [4.69, 9.17) is 62.9 Å². The lowest BCUT2D eigenvalue weighted by Crippen LogP contribution is -2.06.